The van der Waals surface area contributed by atoms with Gasteiger partial charge < -0.3 is 19.7 Å². The Morgan fingerprint density at radius 1 is 1.39 bits per heavy atom. The molecule has 1 aliphatic rings. The largest absolute Gasteiger partial charge is 0.497 e. The van der Waals surface area contributed by atoms with Gasteiger partial charge in [-0.25, -0.2) is 0 Å². The van der Waals surface area contributed by atoms with Gasteiger partial charge in [0.1, 0.15) is 12.3 Å². The lowest BCUT2D eigenvalue weighted by molar-refractivity contribution is -0.143. The summed E-state index contributed by atoms with van der Waals surface area (Å²) in [6, 6.07) is 7.11. The third kappa shape index (κ3) is 4.21. The van der Waals surface area contributed by atoms with Gasteiger partial charge in [-0.3, -0.25) is 14.4 Å². The number of anilines is 1. The zero-order valence-corrected chi connectivity index (χ0v) is 13.2. The number of carbonyl (C=O) groups is 3. The zero-order valence-electron chi connectivity index (χ0n) is 13.2. The highest BCUT2D eigenvalue weighted by molar-refractivity contribution is 6.00. The number of esters is 1. The van der Waals surface area contributed by atoms with Gasteiger partial charge >= 0.3 is 5.97 Å². The Labute approximate surface area is 134 Å². The molecule has 1 atom stereocenters. The SMILES string of the molecule is CCOC(=O)CNC(=O)[C@H]1CC(=O)N(c2cccc(OC)c2)C1. The summed E-state index contributed by atoms with van der Waals surface area (Å²) >= 11 is 0. The van der Waals surface area contributed by atoms with Crippen molar-refractivity contribution < 1.29 is 23.9 Å². The quantitative estimate of drug-likeness (QED) is 0.781. The molecular weight excluding hydrogens is 300 g/mol. The highest BCUT2D eigenvalue weighted by atomic mass is 16.5. The first-order valence-corrected chi connectivity index (χ1v) is 7.43. The van der Waals surface area contributed by atoms with Gasteiger partial charge in [0.05, 0.1) is 19.6 Å². The van der Waals surface area contributed by atoms with E-state index in [1.165, 1.54) is 0 Å². The van der Waals surface area contributed by atoms with Crippen LogP contribution in [0, 0.1) is 5.92 Å². The molecule has 2 rings (SSSR count). The van der Waals surface area contributed by atoms with E-state index in [-0.39, 0.29) is 37.9 Å². The van der Waals surface area contributed by atoms with Crippen molar-refractivity contribution in [3.8, 4) is 5.75 Å². The van der Waals surface area contributed by atoms with Crippen LogP contribution in [0.15, 0.2) is 24.3 Å². The molecule has 1 heterocycles. The molecule has 0 radical (unpaired) electrons. The van der Waals surface area contributed by atoms with E-state index < -0.39 is 11.9 Å². The minimum absolute atomic E-state index is 0.117. The van der Waals surface area contributed by atoms with Crippen LogP contribution >= 0.6 is 0 Å². The Hall–Kier alpha value is -2.57. The van der Waals surface area contributed by atoms with E-state index in [1.54, 1.807) is 43.2 Å². The van der Waals surface area contributed by atoms with Crippen molar-refractivity contribution >= 4 is 23.5 Å². The minimum atomic E-state index is -0.491. The lowest BCUT2D eigenvalue weighted by Crippen LogP contribution is -2.36. The molecule has 2 amide bonds. The molecule has 1 aromatic rings. The standard InChI is InChI=1S/C16H20N2O5/c1-3-23-15(20)9-17-16(21)11-7-14(19)18(10-11)12-5-4-6-13(8-12)22-2/h4-6,8,11H,3,7,9-10H2,1-2H3,(H,17,21)/t11-/m0/s1. The van der Waals surface area contributed by atoms with Crippen molar-refractivity contribution in [2.24, 2.45) is 5.92 Å². The molecule has 23 heavy (non-hydrogen) atoms. The van der Waals surface area contributed by atoms with Crippen molar-refractivity contribution in [2.75, 3.05) is 31.7 Å². The van der Waals surface area contributed by atoms with Gasteiger partial charge in [-0.15, -0.1) is 0 Å². The number of carbonyl (C=O) groups excluding carboxylic acids is 3. The summed E-state index contributed by atoms with van der Waals surface area (Å²) in [4.78, 5) is 37.0. The number of amides is 2. The fourth-order valence-corrected chi connectivity index (χ4v) is 2.43. The van der Waals surface area contributed by atoms with E-state index in [0.717, 1.165) is 0 Å². The second-order valence-electron chi connectivity index (χ2n) is 5.13. The number of hydrogen-bond acceptors (Lipinski definition) is 5. The first kappa shape index (κ1) is 16.8. The molecule has 7 nitrogen and oxygen atoms in total. The summed E-state index contributed by atoms with van der Waals surface area (Å²) < 4.78 is 9.89. The number of nitrogens with one attached hydrogen (secondary N) is 1. The Balaban J connectivity index is 1.96. The van der Waals surface area contributed by atoms with Gasteiger partial charge in [-0.1, -0.05) is 6.07 Å². The summed E-state index contributed by atoms with van der Waals surface area (Å²) in [5.41, 5.74) is 0.690. The first-order chi connectivity index (χ1) is 11.0. The second kappa shape index (κ2) is 7.62. The maximum atomic E-state index is 12.1. The molecule has 124 valence electrons. The minimum Gasteiger partial charge on any atom is -0.497 e. The lowest BCUT2D eigenvalue weighted by Gasteiger charge is -2.17. The normalized spacial score (nSPS) is 17.0. The zero-order chi connectivity index (χ0) is 16.8. The van der Waals surface area contributed by atoms with Crippen LogP contribution in [0.3, 0.4) is 0 Å². The molecular formula is C16H20N2O5. The number of hydrogen-bond donors (Lipinski definition) is 1. The second-order valence-corrected chi connectivity index (χ2v) is 5.13. The van der Waals surface area contributed by atoms with Crippen molar-refractivity contribution in [1.29, 1.82) is 0 Å². The van der Waals surface area contributed by atoms with E-state index in [2.05, 4.69) is 5.32 Å². The molecule has 0 unspecified atom stereocenters. The molecule has 1 fully saturated rings. The number of benzene rings is 1. The van der Waals surface area contributed by atoms with E-state index >= 15 is 0 Å². The molecule has 1 saturated heterocycles. The van der Waals surface area contributed by atoms with Crippen LogP contribution in [-0.2, 0) is 19.1 Å². The van der Waals surface area contributed by atoms with Crippen molar-refractivity contribution in [3.05, 3.63) is 24.3 Å². The summed E-state index contributed by atoms with van der Waals surface area (Å²) in [5.74, 6) is -0.783. The maximum absolute atomic E-state index is 12.1. The molecule has 0 saturated carbocycles. The smallest absolute Gasteiger partial charge is 0.325 e. The molecule has 0 aromatic heterocycles. The average Bonchev–Trinajstić information content (AvgIpc) is 2.95. The molecule has 1 N–H and O–H groups in total. The van der Waals surface area contributed by atoms with Crippen molar-refractivity contribution in [2.45, 2.75) is 13.3 Å². The molecule has 1 aromatic carbocycles. The molecule has 1 aliphatic heterocycles. The van der Waals surface area contributed by atoms with Crippen LogP contribution in [0.1, 0.15) is 13.3 Å². The maximum Gasteiger partial charge on any atom is 0.325 e. The van der Waals surface area contributed by atoms with E-state index in [1.807, 2.05) is 0 Å². The van der Waals surface area contributed by atoms with Crippen LogP contribution in [0.2, 0.25) is 0 Å². The number of nitrogens with zero attached hydrogens (tertiary/aromatic N) is 1. The predicted octanol–water partition coefficient (Wildman–Crippen LogP) is 0.727. The van der Waals surface area contributed by atoms with E-state index in [0.29, 0.717) is 11.4 Å². The topological polar surface area (TPSA) is 84.9 Å². The van der Waals surface area contributed by atoms with E-state index in [9.17, 15) is 14.4 Å². The molecule has 7 heteroatoms. The van der Waals surface area contributed by atoms with Gasteiger partial charge in [0.2, 0.25) is 11.8 Å². The lowest BCUT2D eigenvalue weighted by atomic mass is 10.1. The molecule has 0 aliphatic carbocycles. The molecule has 0 spiro atoms. The van der Waals surface area contributed by atoms with Crippen LogP contribution < -0.4 is 15.0 Å². The van der Waals surface area contributed by atoms with Crippen LogP contribution in [0.25, 0.3) is 0 Å². The predicted molar refractivity (Wildman–Crippen MR) is 83.1 cm³/mol. The number of rotatable bonds is 6. The Kier molecular flexibility index (Phi) is 5.56. The first-order valence-electron chi connectivity index (χ1n) is 7.43. The fraction of sp³-hybridized carbons (Fsp3) is 0.438. The van der Waals surface area contributed by atoms with E-state index in [4.69, 9.17) is 9.47 Å². The molecule has 0 bridgehead atoms. The van der Waals surface area contributed by atoms with Crippen molar-refractivity contribution in [3.63, 3.8) is 0 Å². The summed E-state index contributed by atoms with van der Waals surface area (Å²) in [7, 11) is 1.55. The van der Waals surface area contributed by atoms with Crippen molar-refractivity contribution in [1.82, 2.24) is 5.32 Å². The van der Waals surface area contributed by atoms with Gasteiger partial charge in [0.15, 0.2) is 0 Å². The average molecular weight is 320 g/mol. The van der Waals surface area contributed by atoms with Crippen LogP contribution in [-0.4, -0.2) is 44.6 Å². The summed E-state index contributed by atoms with van der Waals surface area (Å²) in [6.45, 7) is 2.05. The van der Waals surface area contributed by atoms with Gasteiger partial charge in [-0.05, 0) is 19.1 Å². The van der Waals surface area contributed by atoms with Gasteiger partial charge in [0.25, 0.3) is 0 Å². The fourth-order valence-electron chi connectivity index (χ4n) is 2.43. The Bertz CT molecular complexity index is 602. The number of methoxy groups -OCH3 is 1. The highest BCUT2D eigenvalue weighted by Gasteiger charge is 2.35. The number of ether oxygens (including phenoxy) is 2. The summed E-state index contributed by atoms with van der Waals surface area (Å²) in [5, 5.41) is 2.51. The monoisotopic (exact) mass is 320 g/mol. The highest BCUT2D eigenvalue weighted by Crippen LogP contribution is 2.27. The van der Waals surface area contributed by atoms with Gasteiger partial charge in [0, 0.05) is 24.7 Å². The Morgan fingerprint density at radius 2 is 2.17 bits per heavy atom. The summed E-state index contributed by atoms with van der Waals surface area (Å²) in [6.07, 6.45) is 0.117. The van der Waals surface area contributed by atoms with Gasteiger partial charge in [-0.2, -0.15) is 0 Å². The van der Waals surface area contributed by atoms with Crippen LogP contribution in [0.5, 0.6) is 5.75 Å². The third-order valence-corrected chi connectivity index (χ3v) is 3.57. The van der Waals surface area contributed by atoms with Crippen LogP contribution in [0.4, 0.5) is 5.69 Å². The third-order valence-electron chi connectivity index (χ3n) is 3.57. The Morgan fingerprint density at radius 3 is 2.87 bits per heavy atom.